The lowest BCUT2D eigenvalue weighted by Crippen LogP contribution is -2.66. The third-order valence-corrected chi connectivity index (χ3v) is 20.8. The molecule has 0 amide bonds. The predicted octanol–water partition coefficient (Wildman–Crippen LogP) is 2.84. The van der Waals surface area contributed by atoms with Crippen LogP contribution in [0.1, 0.15) is 105 Å². The third kappa shape index (κ3) is 8.95. The van der Waals surface area contributed by atoms with E-state index in [1.54, 1.807) is 13.2 Å². The van der Waals surface area contributed by atoms with Gasteiger partial charge in [0.05, 0.1) is 38.4 Å². The minimum Gasteiger partial charge on any atom is -0.497 e. The Morgan fingerprint density at radius 3 is 2.12 bits per heavy atom. The van der Waals surface area contributed by atoms with Crippen LogP contribution in [0.15, 0.2) is 42.0 Å². The summed E-state index contributed by atoms with van der Waals surface area (Å²) in [6, 6.07) is 7.33. The van der Waals surface area contributed by atoms with Gasteiger partial charge in [-0.05, 0) is 115 Å². The number of benzene rings is 1. The van der Waals surface area contributed by atoms with Crippen LogP contribution in [0.3, 0.4) is 0 Å². The van der Waals surface area contributed by atoms with Crippen LogP contribution in [0.5, 0.6) is 5.75 Å². The van der Waals surface area contributed by atoms with Gasteiger partial charge in [-0.1, -0.05) is 65.3 Å². The first-order valence-electron chi connectivity index (χ1n) is 27.1. The number of methoxy groups -OCH3 is 1. The van der Waals surface area contributed by atoms with E-state index in [0.29, 0.717) is 25.0 Å². The van der Waals surface area contributed by atoms with E-state index in [0.717, 1.165) is 37.7 Å². The van der Waals surface area contributed by atoms with Crippen LogP contribution in [-0.4, -0.2) is 177 Å². The van der Waals surface area contributed by atoms with Crippen LogP contribution in [0, 0.1) is 56.2 Å². The maximum atomic E-state index is 13.8. The molecule has 1 aromatic carbocycles. The van der Waals surface area contributed by atoms with Crippen molar-refractivity contribution in [3.63, 3.8) is 0 Å². The number of fused-ring (bicyclic) bond motifs is 5. The third-order valence-electron chi connectivity index (χ3n) is 20.8. The molecule has 75 heavy (non-hydrogen) atoms. The van der Waals surface area contributed by atoms with Crippen molar-refractivity contribution in [2.75, 3.05) is 26.9 Å². The molecule has 19 nitrogen and oxygen atoms in total. The summed E-state index contributed by atoms with van der Waals surface area (Å²) in [4.78, 5) is 27.2. The molecule has 0 radical (unpaired) electrons. The van der Waals surface area contributed by atoms with Crippen LogP contribution in [0.4, 0.5) is 0 Å². The zero-order chi connectivity index (χ0) is 53.9. The summed E-state index contributed by atoms with van der Waals surface area (Å²) >= 11 is 0. The monoisotopic (exact) mass is 1060 g/mol. The first-order chi connectivity index (χ1) is 35.4. The molecule has 0 bridgehead atoms. The van der Waals surface area contributed by atoms with E-state index in [2.05, 4.69) is 47.6 Å². The largest absolute Gasteiger partial charge is 0.497 e. The van der Waals surface area contributed by atoms with E-state index in [1.165, 1.54) is 11.6 Å². The maximum absolute atomic E-state index is 13.8. The summed E-state index contributed by atoms with van der Waals surface area (Å²) in [5, 5.41) is 96.9. The molecule has 8 fully saturated rings. The van der Waals surface area contributed by atoms with Gasteiger partial charge in [-0.2, -0.15) is 0 Å². The van der Waals surface area contributed by atoms with Gasteiger partial charge in [0, 0.05) is 23.3 Å². The van der Waals surface area contributed by atoms with Gasteiger partial charge in [0.1, 0.15) is 72.9 Å². The second-order valence-electron chi connectivity index (χ2n) is 25.4. The van der Waals surface area contributed by atoms with E-state index < -0.39 is 127 Å². The lowest BCUT2D eigenvalue weighted by molar-refractivity contribution is -0.377. The summed E-state index contributed by atoms with van der Waals surface area (Å²) in [6.07, 6.45) is -8.85. The average Bonchev–Trinajstić information content (AvgIpc) is 4.10. The first-order valence-corrected chi connectivity index (χ1v) is 27.1. The average molecular weight is 1060 g/mol. The van der Waals surface area contributed by atoms with Crippen LogP contribution in [0.2, 0.25) is 0 Å². The molecule has 3 saturated heterocycles. The summed E-state index contributed by atoms with van der Waals surface area (Å²) < 4.78 is 47.4. The SMILES string of the molecule is COc1ccc(C=CC(=O)OC2CC3(C(=O)O)CC4CC45C(=CCC4C6(C)CCC(OC7OC(CO)C(O)C(O)C7OC7OCC(OC8OCC(O)C(O)C8O)C(O)C7O)C(C)(C)C6CCC45C)C3CC2(C)C)cc1. The highest BCUT2D eigenvalue weighted by atomic mass is 16.8. The second kappa shape index (κ2) is 19.9. The first kappa shape index (κ1) is 55.2. The number of hydrogen-bond donors (Lipinski definition) is 9. The Balaban J connectivity index is 0.841. The number of aliphatic carboxylic acids is 1. The van der Waals surface area contributed by atoms with Crippen molar-refractivity contribution < 1.29 is 93.4 Å². The lowest BCUT2D eigenvalue weighted by Gasteiger charge is -2.69. The molecule has 1 spiro atoms. The van der Waals surface area contributed by atoms with Gasteiger partial charge in [0.25, 0.3) is 0 Å². The standard InChI is InChI=1S/C56H80O19/c1-51(2)22-31-30-13-14-36-53(5)18-17-37(74-49-46(43(63)41(61)33(24-57)71-49)75-48-45(65)42(62)34(26-70-48)72-47-44(64)40(60)32(58)25-69-47)52(3,4)35(53)16-19-54(36,6)56(30)21-28(56)20-55(31,50(66)67)23-38(51)73-39(59)15-10-27-8-11-29(68-7)12-9-27/h8-13,15,28,31-38,40-49,57-58,60-65H,14,16-26H2,1-7H3,(H,66,67). The highest BCUT2D eigenvalue weighted by molar-refractivity contribution is 5.87. The number of carboxylic acids is 1. The van der Waals surface area contributed by atoms with Gasteiger partial charge in [-0.25, -0.2) is 4.79 Å². The number of esters is 1. The number of rotatable bonds is 12. The van der Waals surface area contributed by atoms with Crippen molar-refractivity contribution >= 4 is 18.0 Å². The van der Waals surface area contributed by atoms with Crippen molar-refractivity contribution in [1.29, 1.82) is 0 Å². The molecule has 10 rings (SSSR count). The molecular formula is C56H80O19. The van der Waals surface area contributed by atoms with Crippen LogP contribution < -0.4 is 4.74 Å². The number of aliphatic hydroxyl groups excluding tert-OH is 8. The fraction of sp³-hybridized carbons (Fsp3) is 0.786. The Morgan fingerprint density at radius 1 is 0.733 bits per heavy atom. The van der Waals surface area contributed by atoms with E-state index in [-0.39, 0.29) is 59.6 Å². The number of carboxylic acid groups (broad SMARTS) is 1. The molecule has 9 aliphatic rings. The molecule has 1 aromatic rings. The van der Waals surface area contributed by atoms with Crippen molar-refractivity contribution in [1.82, 2.24) is 0 Å². The normalized spacial score (nSPS) is 48.7. The van der Waals surface area contributed by atoms with Gasteiger partial charge in [-0.3, -0.25) is 4.79 Å². The molecular weight excluding hydrogens is 977 g/mol. The van der Waals surface area contributed by atoms with Gasteiger partial charge < -0.3 is 83.9 Å². The quantitative estimate of drug-likeness (QED) is 0.0630. The minimum atomic E-state index is -1.78. The molecule has 23 unspecified atom stereocenters. The van der Waals surface area contributed by atoms with Crippen molar-refractivity contribution in [2.24, 2.45) is 56.2 Å². The highest BCUT2D eigenvalue weighted by Crippen LogP contribution is 2.85. The van der Waals surface area contributed by atoms with Crippen LogP contribution in [-0.2, 0) is 42.7 Å². The molecule has 3 aliphatic heterocycles. The van der Waals surface area contributed by atoms with Gasteiger partial charge in [0.15, 0.2) is 18.9 Å². The van der Waals surface area contributed by atoms with Gasteiger partial charge in [-0.15, -0.1) is 0 Å². The fourth-order valence-electron chi connectivity index (χ4n) is 16.6. The summed E-state index contributed by atoms with van der Waals surface area (Å²) in [7, 11) is 1.59. The molecule has 19 heteroatoms. The zero-order valence-corrected chi connectivity index (χ0v) is 44.1. The number of allylic oxidation sites excluding steroid dienone is 2. The maximum Gasteiger partial charge on any atom is 0.331 e. The smallest absolute Gasteiger partial charge is 0.331 e. The Hall–Kier alpha value is -3.12. The molecule has 0 aromatic heterocycles. The van der Waals surface area contributed by atoms with E-state index in [1.807, 2.05) is 24.3 Å². The number of carbonyl (C=O) groups excluding carboxylic acids is 1. The summed E-state index contributed by atoms with van der Waals surface area (Å²) in [6.45, 7) is 12.1. The Kier molecular flexibility index (Phi) is 14.6. The minimum absolute atomic E-state index is 0.108. The van der Waals surface area contributed by atoms with E-state index in [4.69, 9.17) is 37.9 Å². The van der Waals surface area contributed by atoms with E-state index >= 15 is 0 Å². The Morgan fingerprint density at radius 2 is 1.43 bits per heavy atom. The fourth-order valence-corrected chi connectivity index (χ4v) is 16.6. The number of carbonyl (C=O) groups is 2. The molecule has 9 N–H and O–H groups in total. The summed E-state index contributed by atoms with van der Waals surface area (Å²) in [5.74, 6) is -0.189. The van der Waals surface area contributed by atoms with Crippen molar-refractivity contribution in [3.8, 4) is 5.75 Å². The highest BCUT2D eigenvalue weighted by Gasteiger charge is 2.79. The van der Waals surface area contributed by atoms with Crippen LogP contribution >= 0.6 is 0 Å². The molecule has 6 aliphatic carbocycles. The lowest BCUT2D eigenvalue weighted by atomic mass is 9.36. The van der Waals surface area contributed by atoms with Gasteiger partial charge >= 0.3 is 11.9 Å². The molecule has 418 valence electrons. The summed E-state index contributed by atoms with van der Waals surface area (Å²) in [5.41, 5.74) is -0.312. The zero-order valence-electron chi connectivity index (χ0n) is 44.1. The van der Waals surface area contributed by atoms with Gasteiger partial charge in [0.2, 0.25) is 0 Å². The van der Waals surface area contributed by atoms with Crippen molar-refractivity contribution in [3.05, 3.63) is 47.6 Å². The van der Waals surface area contributed by atoms with Crippen LogP contribution in [0.25, 0.3) is 6.08 Å². The Labute approximate surface area is 438 Å². The molecule has 23 atom stereocenters. The second-order valence-corrected chi connectivity index (χ2v) is 25.4. The number of hydrogen-bond acceptors (Lipinski definition) is 18. The predicted molar refractivity (Wildman–Crippen MR) is 264 cm³/mol. The number of ether oxygens (including phenoxy) is 8. The molecule has 3 heterocycles. The number of aliphatic hydroxyl groups is 8. The topological polar surface area (TPSA) is 290 Å². The Bertz CT molecular complexity index is 2340. The van der Waals surface area contributed by atoms with Crippen molar-refractivity contribution in [2.45, 2.75) is 191 Å². The molecule has 5 saturated carbocycles. The van der Waals surface area contributed by atoms with E-state index in [9.17, 15) is 55.5 Å².